The molecule has 0 radical (unpaired) electrons. The van der Waals surface area contributed by atoms with Gasteiger partial charge in [-0.1, -0.05) is 0 Å². The van der Waals surface area contributed by atoms with E-state index in [9.17, 15) is 9.59 Å². The first kappa shape index (κ1) is 11.8. The third-order valence-electron chi connectivity index (χ3n) is 1.76. The molecule has 0 saturated heterocycles. The van der Waals surface area contributed by atoms with Crippen LogP contribution in [-0.4, -0.2) is 32.6 Å². The zero-order valence-electron chi connectivity index (χ0n) is 8.83. The van der Waals surface area contributed by atoms with Crippen molar-refractivity contribution in [3.05, 3.63) is 35.9 Å². The molecule has 2 aromatic rings. The minimum atomic E-state index is 0.497. The molecule has 0 aliphatic carbocycles. The van der Waals surface area contributed by atoms with Gasteiger partial charge in [-0.25, -0.2) is 0 Å². The van der Waals surface area contributed by atoms with E-state index in [4.69, 9.17) is 0 Å². The summed E-state index contributed by atoms with van der Waals surface area (Å²) in [6.07, 6.45) is 4.77. The summed E-state index contributed by atoms with van der Waals surface area (Å²) < 4.78 is 1.71. The van der Waals surface area contributed by atoms with Gasteiger partial charge >= 0.3 is 0 Å². The van der Waals surface area contributed by atoms with Gasteiger partial charge in [0.25, 0.3) is 0 Å². The fourth-order valence-electron chi connectivity index (χ4n) is 0.949. The van der Waals surface area contributed by atoms with Crippen LogP contribution >= 0.6 is 0 Å². The summed E-state index contributed by atoms with van der Waals surface area (Å²) in [5.74, 6) is 0. The van der Waals surface area contributed by atoms with E-state index in [0.29, 0.717) is 17.7 Å². The SMILES string of the molecule is CCn1ccc(C=O)n1.O=Cc1ccn[nH]1. The summed E-state index contributed by atoms with van der Waals surface area (Å²) in [5.41, 5.74) is 1.01. The molecule has 6 heteroatoms. The van der Waals surface area contributed by atoms with E-state index in [1.165, 1.54) is 6.20 Å². The Kier molecular flexibility index (Phi) is 4.65. The summed E-state index contributed by atoms with van der Waals surface area (Å²) in [4.78, 5) is 19.9. The van der Waals surface area contributed by atoms with Crippen LogP contribution in [0.15, 0.2) is 24.5 Å². The molecule has 0 spiro atoms. The molecule has 0 fully saturated rings. The smallest absolute Gasteiger partial charge is 0.170 e. The van der Waals surface area contributed by atoms with E-state index in [-0.39, 0.29) is 0 Å². The number of aryl methyl sites for hydroxylation is 1. The molecule has 16 heavy (non-hydrogen) atoms. The Balaban J connectivity index is 0.000000165. The number of hydrogen-bond donors (Lipinski definition) is 1. The highest BCUT2D eigenvalue weighted by atomic mass is 16.1. The zero-order chi connectivity index (χ0) is 11.8. The third-order valence-corrected chi connectivity index (χ3v) is 1.76. The number of nitrogens with zero attached hydrogens (tertiary/aromatic N) is 3. The Morgan fingerprint density at radius 2 is 2.19 bits per heavy atom. The number of aromatic nitrogens is 4. The second-order valence-electron chi connectivity index (χ2n) is 2.84. The van der Waals surface area contributed by atoms with Crippen molar-refractivity contribution in [3.8, 4) is 0 Å². The molecule has 0 atom stereocenters. The number of hydrogen-bond acceptors (Lipinski definition) is 4. The summed E-state index contributed by atoms with van der Waals surface area (Å²) in [6, 6.07) is 3.30. The Bertz CT molecular complexity index is 433. The van der Waals surface area contributed by atoms with Crippen molar-refractivity contribution < 1.29 is 9.59 Å². The molecule has 2 aromatic heterocycles. The van der Waals surface area contributed by atoms with Crippen LogP contribution < -0.4 is 0 Å². The van der Waals surface area contributed by atoms with Gasteiger partial charge in [-0.15, -0.1) is 0 Å². The second kappa shape index (κ2) is 6.28. The molecule has 0 aliphatic heterocycles. The number of carbonyl (C=O) groups excluding carboxylic acids is 2. The number of H-pyrrole nitrogens is 1. The van der Waals surface area contributed by atoms with Gasteiger partial charge in [0.1, 0.15) is 5.69 Å². The maximum absolute atomic E-state index is 10.1. The van der Waals surface area contributed by atoms with Gasteiger partial charge in [-0.3, -0.25) is 19.4 Å². The van der Waals surface area contributed by atoms with E-state index >= 15 is 0 Å². The van der Waals surface area contributed by atoms with Gasteiger partial charge in [0.05, 0.1) is 5.69 Å². The average Bonchev–Trinajstić information content (AvgIpc) is 3.00. The third kappa shape index (κ3) is 3.49. The lowest BCUT2D eigenvalue weighted by molar-refractivity contribution is 0.111. The van der Waals surface area contributed by atoms with Crippen LogP contribution in [0.5, 0.6) is 0 Å². The van der Waals surface area contributed by atoms with Gasteiger partial charge in [-0.2, -0.15) is 10.2 Å². The molecule has 2 rings (SSSR count). The largest absolute Gasteiger partial charge is 0.296 e. The van der Waals surface area contributed by atoms with Crippen LogP contribution in [0.3, 0.4) is 0 Å². The van der Waals surface area contributed by atoms with Gasteiger partial charge in [0.2, 0.25) is 0 Å². The Hall–Kier alpha value is -2.24. The molecular weight excluding hydrogens is 208 g/mol. The lowest BCUT2D eigenvalue weighted by atomic mass is 10.5. The van der Waals surface area contributed by atoms with Crippen LogP contribution in [0.1, 0.15) is 27.9 Å². The molecule has 0 saturated carbocycles. The van der Waals surface area contributed by atoms with Crippen molar-refractivity contribution >= 4 is 12.6 Å². The maximum atomic E-state index is 10.1. The highest BCUT2D eigenvalue weighted by Gasteiger charge is 1.91. The second-order valence-corrected chi connectivity index (χ2v) is 2.84. The summed E-state index contributed by atoms with van der Waals surface area (Å²) in [5, 5.41) is 9.90. The van der Waals surface area contributed by atoms with Crippen molar-refractivity contribution in [1.82, 2.24) is 20.0 Å². The Morgan fingerprint density at radius 3 is 2.50 bits per heavy atom. The van der Waals surface area contributed by atoms with Crippen LogP contribution in [-0.2, 0) is 6.54 Å². The van der Waals surface area contributed by atoms with E-state index in [2.05, 4.69) is 15.3 Å². The van der Waals surface area contributed by atoms with Crippen molar-refractivity contribution in [2.24, 2.45) is 0 Å². The van der Waals surface area contributed by atoms with Gasteiger partial charge in [0.15, 0.2) is 12.6 Å². The molecule has 0 aromatic carbocycles. The number of nitrogens with one attached hydrogen (secondary N) is 1. The number of rotatable bonds is 3. The molecular formula is C10H12N4O2. The van der Waals surface area contributed by atoms with E-state index in [1.807, 2.05) is 6.92 Å². The van der Waals surface area contributed by atoms with Crippen LogP contribution in [0.4, 0.5) is 0 Å². The lowest BCUT2D eigenvalue weighted by Crippen LogP contribution is -1.94. The van der Waals surface area contributed by atoms with Gasteiger partial charge in [-0.05, 0) is 19.1 Å². The van der Waals surface area contributed by atoms with Crippen LogP contribution in [0.25, 0.3) is 0 Å². The van der Waals surface area contributed by atoms with E-state index < -0.39 is 0 Å². The van der Waals surface area contributed by atoms with Crippen molar-refractivity contribution in [2.45, 2.75) is 13.5 Å². The summed E-state index contributed by atoms with van der Waals surface area (Å²) in [6.45, 7) is 2.79. The fraction of sp³-hybridized carbons (Fsp3) is 0.200. The predicted octanol–water partition coefficient (Wildman–Crippen LogP) is 0.938. The number of aldehydes is 2. The van der Waals surface area contributed by atoms with Gasteiger partial charge in [0, 0.05) is 18.9 Å². The van der Waals surface area contributed by atoms with E-state index in [0.717, 1.165) is 12.8 Å². The van der Waals surface area contributed by atoms with Crippen molar-refractivity contribution in [1.29, 1.82) is 0 Å². The first-order chi connectivity index (χ1) is 7.80. The maximum Gasteiger partial charge on any atom is 0.170 e. The fourth-order valence-corrected chi connectivity index (χ4v) is 0.949. The molecule has 2 heterocycles. The molecule has 0 aliphatic rings. The molecule has 6 nitrogen and oxygen atoms in total. The monoisotopic (exact) mass is 220 g/mol. The Labute approximate surface area is 92.3 Å². The summed E-state index contributed by atoms with van der Waals surface area (Å²) in [7, 11) is 0. The number of aromatic amines is 1. The van der Waals surface area contributed by atoms with Crippen LogP contribution in [0.2, 0.25) is 0 Å². The zero-order valence-corrected chi connectivity index (χ0v) is 8.83. The highest BCUT2D eigenvalue weighted by molar-refractivity contribution is 5.71. The molecule has 0 amide bonds. The van der Waals surface area contributed by atoms with Crippen molar-refractivity contribution in [3.63, 3.8) is 0 Å². The molecule has 0 bridgehead atoms. The molecule has 1 N–H and O–H groups in total. The van der Waals surface area contributed by atoms with Crippen molar-refractivity contribution in [2.75, 3.05) is 0 Å². The predicted molar refractivity (Wildman–Crippen MR) is 57.3 cm³/mol. The quantitative estimate of drug-likeness (QED) is 0.780. The average molecular weight is 220 g/mol. The first-order valence-corrected chi connectivity index (χ1v) is 4.73. The first-order valence-electron chi connectivity index (χ1n) is 4.73. The standard InChI is InChI=1S/C6H8N2O.C4H4N2O/c1-2-8-4-3-6(5-9)7-8;7-3-4-1-2-5-6-4/h3-5H,2H2,1H3;1-3H,(H,5,6). The summed E-state index contributed by atoms with van der Waals surface area (Å²) >= 11 is 0. The topological polar surface area (TPSA) is 80.6 Å². The minimum Gasteiger partial charge on any atom is -0.296 e. The lowest BCUT2D eigenvalue weighted by Gasteiger charge is -1.88. The van der Waals surface area contributed by atoms with Gasteiger partial charge < -0.3 is 0 Å². The highest BCUT2D eigenvalue weighted by Crippen LogP contribution is 1.89. The molecule has 0 unspecified atom stereocenters. The van der Waals surface area contributed by atoms with Crippen LogP contribution in [0, 0.1) is 0 Å². The molecule has 84 valence electrons. The minimum absolute atomic E-state index is 0.497. The normalized spacial score (nSPS) is 9.06. The Morgan fingerprint density at radius 1 is 1.38 bits per heavy atom. The number of carbonyl (C=O) groups is 2. The van der Waals surface area contributed by atoms with E-state index in [1.54, 1.807) is 23.0 Å².